The lowest BCUT2D eigenvalue weighted by Crippen LogP contribution is -2.39. The third-order valence-electron chi connectivity index (χ3n) is 2.98. The first-order chi connectivity index (χ1) is 9.62. The Morgan fingerprint density at radius 1 is 1.45 bits per heavy atom. The summed E-state index contributed by atoms with van der Waals surface area (Å²) in [6, 6.07) is 1.63. The molecule has 1 unspecified atom stereocenters. The third-order valence-corrected chi connectivity index (χ3v) is 4.38. The molecule has 20 heavy (non-hydrogen) atoms. The van der Waals surface area contributed by atoms with E-state index < -0.39 is 10.0 Å². The second-order valence-electron chi connectivity index (χ2n) is 4.56. The topological polar surface area (TPSA) is 92.5 Å². The van der Waals surface area contributed by atoms with Gasteiger partial charge in [-0.3, -0.25) is 0 Å². The van der Waals surface area contributed by atoms with Crippen LogP contribution in [-0.4, -0.2) is 52.4 Å². The molecule has 1 aromatic rings. The lowest BCUT2D eigenvalue weighted by Gasteiger charge is -2.22. The Balaban J connectivity index is 1.90. The van der Waals surface area contributed by atoms with Gasteiger partial charge in [-0.05, 0) is 12.6 Å². The maximum Gasteiger partial charge on any atom is 0.242 e. The summed E-state index contributed by atoms with van der Waals surface area (Å²) in [4.78, 5) is 3.19. The van der Waals surface area contributed by atoms with E-state index in [9.17, 15) is 8.42 Å². The van der Waals surface area contributed by atoms with Crippen LogP contribution >= 0.6 is 0 Å². The summed E-state index contributed by atoms with van der Waals surface area (Å²) in [7, 11) is -3.51. The quantitative estimate of drug-likeness (QED) is 0.650. The van der Waals surface area contributed by atoms with Crippen LogP contribution in [0.2, 0.25) is 0 Å². The Morgan fingerprint density at radius 3 is 3.00 bits per heavy atom. The smallest absolute Gasteiger partial charge is 0.242 e. The highest BCUT2D eigenvalue weighted by molar-refractivity contribution is 7.89. The van der Waals surface area contributed by atoms with Gasteiger partial charge < -0.3 is 19.8 Å². The van der Waals surface area contributed by atoms with Crippen LogP contribution in [0.5, 0.6) is 0 Å². The zero-order valence-corrected chi connectivity index (χ0v) is 12.3. The van der Waals surface area contributed by atoms with Crippen molar-refractivity contribution >= 4 is 10.0 Å². The van der Waals surface area contributed by atoms with E-state index in [1.807, 2.05) is 6.92 Å². The van der Waals surface area contributed by atoms with Crippen LogP contribution in [0.15, 0.2) is 17.2 Å². The fraction of sp³-hybridized carbons (Fsp3) is 0.667. The van der Waals surface area contributed by atoms with Crippen LogP contribution < -0.4 is 10.0 Å². The molecule has 1 aromatic heterocycles. The van der Waals surface area contributed by atoms with Gasteiger partial charge in [0.05, 0.1) is 30.8 Å². The molecule has 1 atom stereocenters. The van der Waals surface area contributed by atoms with Crippen molar-refractivity contribution in [1.29, 1.82) is 0 Å². The number of rotatable bonds is 7. The molecule has 1 aliphatic heterocycles. The largest absolute Gasteiger partial charge is 0.376 e. The maximum atomic E-state index is 12.1. The van der Waals surface area contributed by atoms with Crippen LogP contribution in [0.25, 0.3) is 0 Å². The maximum absolute atomic E-state index is 12.1. The summed E-state index contributed by atoms with van der Waals surface area (Å²) in [5.74, 6) is 0. The number of hydrogen-bond donors (Lipinski definition) is 3. The molecular weight excluding hydrogens is 282 g/mol. The van der Waals surface area contributed by atoms with E-state index in [-0.39, 0.29) is 17.5 Å². The molecule has 0 aromatic carbocycles. The number of aromatic amines is 1. The minimum atomic E-state index is -3.51. The summed E-state index contributed by atoms with van der Waals surface area (Å²) in [5.41, 5.74) is 0.837. The first-order valence-corrected chi connectivity index (χ1v) is 8.17. The SMILES string of the molecule is CCNCc1cc(S(=O)(=O)NCC2COCCO2)c[nH]1. The molecule has 0 aliphatic carbocycles. The van der Waals surface area contributed by atoms with Gasteiger partial charge in [-0.15, -0.1) is 0 Å². The second-order valence-corrected chi connectivity index (χ2v) is 6.33. The molecule has 3 N–H and O–H groups in total. The number of aromatic nitrogens is 1. The average Bonchev–Trinajstić information content (AvgIpc) is 2.94. The van der Waals surface area contributed by atoms with Crippen molar-refractivity contribution in [1.82, 2.24) is 15.0 Å². The zero-order valence-electron chi connectivity index (χ0n) is 11.5. The lowest BCUT2D eigenvalue weighted by molar-refractivity contribution is -0.0846. The normalized spacial score (nSPS) is 20.1. The highest BCUT2D eigenvalue weighted by Crippen LogP contribution is 2.11. The van der Waals surface area contributed by atoms with Crippen molar-refractivity contribution in [2.75, 3.05) is 32.9 Å². The molecule has 0 radical (unpaired) electrons. The van der Waals surface area contributed by atoms with Gasteiger partial charge in [0.15, 0.2) is 0 Å². The van der Waals surface area contributed by atoms with E-state index in [4.69, 9.17) is 9.47 Å². The van der Waals surface area contributed by atoms with Crippen LogP contribution in [0, 0.1) is 0 Å². The highest BCUT2D eigenvalue weighted by atomic mass is 32.2. The van der Waals surface area contributed by atoms with E-state index in [0.717, 1.165) is 12.2 Å². The van der Waals surface area contributed by atoms with Crippen LogP contribution in [0.3, 0.4) is 0 Å². The fourth-order valence-electron chi connectivity index (χ4n) is 1.88. The third kappa shape index (κ3) is 4.29. The van der Waals surface area contributed by atoms with E-state index >= 15 is 0 Å². The first-order valence-electron chi connectivity index (χ1n) is 6.69. The van der Waals surface area contributed by atoms with Crippen molar-refractivity contribution in [2.24, 2.45) is 0 Å². The summed E-state index contributed by atoms with van der Waals surface area (Å²) >= 11 is 0. The number of ether oxygens (including phenoxy) is 2. The van der Waals surface area contributed by atoms with Crippen molar-refractivity contribution in [3.8, 4) is 0 Å². The Labute approximate surface area is 119 Å². The summed E-state index contributed by atoms with van der Waals surface area (Å²) in [6.45, 7) is 5.15. The molecule has 8 heteroatoms. The molecule has 114 valence electrons. The van der Waals surface area contributed by atoms with E-state index in [1.54, 1.807) is 6.07 Å². The van der Waals surface area contributed by atoms with Gasteiger partial charge in [0.25, 0.3) is 0 Å². The predicted octanol–water partition coefficient (Wildman–Crippen LogP) is -0.182. The molecule has 2 heterocycles. The zero-order chi connectivity index (χ0) is 14.4. The van der Waals surface area contributed by atoms with Crippen molar-refractivity contribution in [3.63, 3.8) is 0 Å². The second kappa shape index (κ2) is 7.19. The molecule has 2 rings (SSSR count). The van der Waals surface area contributed by atoms with Crippen molar-refractivity contribution in [3.05, 3.63) is 18.0 Å². The number of nitrogens with one attached hydrogen (secondary N) is 3. The lowest BCUT2D eigenvalue weighted by atomic mass is 10.3. The van der Waals surface area contributed by atoms with Gasteiger partial charge in [0.1, 0.15) is 0 Å². The minimum absolute atomic E-state index is 0.218. The first kappa shape index (κ1) is 15.5. The fourth-order valence-corrected chi connectivity index (χ4v) is 2.96. The Kier molecular flexibility index (Phi) is 5.55. The Hall–Kier alpha value is -0.930. The van der Waals surface area contributed by atoms with Crippen molar-refractivity contribution < 1.29 is 17.9 Å². The monoisotopic (exact) mass is 303 g/mol. The number of sulfonamides is 1. The van der Waals surface area contributed by atoms with Crippen LogP contribution in [-0.2, 0) is 26.0 Å². The average molecular weight is 303 g/mol. The van der Waals surface area contributed by atoms with Crippen molar-refractivity contribution in [2.45, 2.75) is 24.5 Å². The molecule has 0 spiro atoms. The van der Waals surface area contributed by atoms with Gasteiger partial charge in [-0.25, -0.2) is 13.1 Å². The minimum Gasteiger partial charge on any atom is -0.376 e. The molecule has 0 saturated carbocycles. The molecule has 1 fully saturated rings. The van der Waals surface area contributed by atoms with E-state index in [1.165, 1.54) is 6.20 Å². The molecule has 7 nitrogen and oxygen atoms in total. The molecule has 0 amide bonds. The number of hydrogen-bond acceptors (Lipinski definition) is 5. The Morgan fingerprint density at radius 2 is 2.30 bits per heavy atom. The number of H-pyrrole nitrogens is 1. The van der Waals surface area contributed by atoms with E-state index in [0.29, 0.717) is 26.4 Å². The van der Waals surface area contributed by atoms with Gasteiger partial charge in [-0.1, -0.05) is 6.92 Å². The Bertz CT molecular complexity index is 509. The summed E-state index contributed by atoms with van der Waals surface area (Å²) in [5, 5.41) is 3.13. The predicted molar refractivity (Wildman–Crippen MR) is 73.9 cm³/mol. The summed E-state index contributed by atoms with van der Waals surface area (Å²) in [6.07, 6.45) is 1.27. The van der Waals surface area contributed by atoms with Gasteiger partial charge in [0, 0.05) is 25.0 Å². The molecule has 1 aliphatic rings. The summed E-state index contributed by atoms with van der Waals surface area (Å²) < 4.78 is 37.4. The molecule has 1 saturated heterocycles. The highest BCUT2D eigenvalue weighted by Gasteiger charge is 2.20. The van der Waals surface area contributed by atoms with Gasteiger partial charge in [-0.2, -0.15) is 0 Å². The van der Waals surface area contributed by atoms with Gasteiger partial charge in [0.2, 0.25) is 10.0 Å². The van der Waals surface area contributed by atoms with Gasteiger partial charge >= 0.3 is 0 Å². The standard InChI is InChI=1S/C12H21N3O4S/c1-2-13-6-10-5-12(8-14-10)20(16,17)15-7-11-9-18-3-4-19-11/h5,8,11,13-15H,2-4,6-7,9H2,1H3. The van der Waals surface area contributed by atoms with E-state index in [2.05, 4.69) is 15.0 Å². The molecule has 0 bridgehead atoms. The van der Waals surface area contributed by atoms with Crippen LogP contribution in [0.4, 0.5) is 0 Å². The van der Waals surface area contributed by atoms with Crippen LogP contribution in [0.1, 0.15) is 12.6 Å². The molecular formula is C12H21N3O4S.